The number of aromatic nitrogens is 2. The van der Waals surface area contributed by atoms with E-state index in [2.05, 4.69) is 22.4 Å². The van der Waals surface area contributed by atoms with Crippen molar-refractivity contribution in [3.8, 4) is 0 Å². The lowest BCUT2D eigenvalue weighted by Crippen LogP contribution is -2.41. The second kappa shape index (κ2) is 8.98. The van der Waals surface area contributed by atoms with Crippen molar-refractivity contribution in [3.63, 3.8) is 0 Å². The van der Waals surface area contributed by atoms with E-state index >= 15 is 0 Å². The Morgan fingerprint density at radius 1 is 1.22 bits per heavy atom. The van der Waals surface area contributed by atoms with Crippen LogP contribution >= 0.6 is 11.6 Å². The molecule has 3 heterocycles. The lowest BCUT2D eigenvalue weighted by atomic mass is 9.79. The van der Waals surface area contributed by atoms with E-state index in [1.54, 1.807) is 22.6 Å². The molecule has 2 aromatic rings. The minimum absolute atomic E-state index is 0.205. The van der Waals surface area contributed by atoms with Crippen molar-refractivity contribution in [1.29, 1.82) is 0 Å². The normalized spacial score (nSPS) is 18.5. The number of nitrogens with zero attached hydrogens (tertiary/aromatic N) is 3. The first-order chi connectivity index (χ1) is 16.6. The molecule has 0 unspecified atom stereocenters. The van der Waals surface area contributed by atoms with E-state index in [0.29, 0.717) is 24.1 Å². The number of imidazole rings is 1. The quantitative estimate of drug-likeness (QED) is 0.630. The maximum Gasteiger partial charge on any atom is 0.497 e. The number of hydrogen-bond donors (Lipinski definition) is 1. The first-order valence-corrected chi connectivity index (χ1v) is 12.3. The number of rotatable bonds is 3. The molecular weight excluding hydrogens is 483 g/mol. The minimum Gasteiger partial charge on any atom is -0.444 e. The molecule has 36 heavy (non-hydrogen) atoms. The van der Waals surface area contributed by atoms with Crippen LogP contribution in [0.3, 0.4) is 0 Å². The van der Waals surface area contributed by atoms with Crippen LogP contribution in [-0.4, -0.2) is 56.9 Å². The zero-order chi connectivity index (χ0) is 26.6. The summed E-state index contributed by atoms with van der Waals surface area (Å²) >= 11 is 6.64. The van der Waals surface area contributed by atoms with Crippen molar-refractivity contribution in [2.45, 2.75) is 78.2 Å². The van der Waals surface area contributed by atoms with Gasteiger partial charge in [0, 0.05) is 31.2 Å². The summed E-state index contributed by atoms with van der Waals surface area (Å²) in [6.45, 7) is 14.0. The Morgan fingerprint density at radius 2 is 1.86 bits per heavy atom. The van der Waals surface area contributed by atoms with Crippen LogP contribution in [0.15, 0.2) is 6.07 Å². The van der Waals surface area contributed by atoms with Gasteiger partial charge in [-0.05, 0) is 60.6 Å². The Labute approximate surface area is 217 Å². The molecule has 0 spiro atoms. The van der Waals surface area contributed by atoms with Gasteiger partial charge in [-0.15, -0.1) is 0 Å². The van der Waals surface area contributed by atoms with Crippen LogP contribution in [0.4, 0.5) is 10.5 Å². The van der Waals surface area contributed by atoms with Gasteiger partial charge in [-0.3, -0.25) is 4.79 Å². The molecule has 4 rings (SSSR count). The van der Waals surface area contributed by atoms with Crippen LogP contribution in [0.5, 0.6) is 0 Å². The molecule has 11 heteroatoms. The molecule has 9 nitrogen and oxygen atoms in total. The van der Waals surface area contributed by atoms with Crippen LogP contribution in [0.25, 0.3) is 0 Å². The molecule has 0 radical (unpaired) electrons. The largest absolute Gasteiger partial charge is 0.497 e. The van der Waals surface area contributed by atoms with Crippen molar-refractivity contribution in [2.24, 2.45) is 7.05 Å². The molecule has 2 amide bonds. The highest BCUT2D eigenvalue weighted by molar-refractivity contribution is 6.66. The topological polar surface area (TPSA) is 94.9 Å². The number of anilines is 1. The first kappa shape index (κ1) is 26.3. The van der Waals surface area contributed by atoms with E-state index in [1.165, 1.54) is 0 Å². The van der Waals surface area contributed by atoms with Gasteiger partial charge in [-0.1, -0.05) is 17.7 Å². The fraction of sp³-hybridized carbons (Fsp3) is 0.560. The second-order valence-electron chi connectivity index (χ2n) is 11.1. The predicted molar refractivity (Wildman–Crippen MR) is 136 cm³/mol. The molecule has 1 aromatic carbocycles. The van der Waals surface area contributed by atoms with Crippen molar-refractivity contribution in [2.75, 3.05) is 11.9 Å². The number of halogens is 1. The number of ether oxygens (including phenoxy) is 1. The van der Waals surface area contributed by atoms with Gasteiger partial charge in [0.05, 0.1) is 28.5 Å². The summed E-state index contributed by atoms with van der Waals surface area (Å²) in [5.41, 5.74) is 0.696. The monoisotopic (exact) mass is 514 g/mol. The number of carbonyl (C=O) groups excluding carboxylic acids is 2. The van der Waals surface area contributed by atoms with E-state index in [9.17, 15) is 9.59 Å². The van der Waals surface area contributed by atoms with Crippen molar-refractivity contribution < 1.29 is 23.6 Å². The van der Waals surface area contributed by atoms with Crippen molar-refractivity contribution in [1.82, 2.24) is 14.5 Å². The molecule has 1 N–H and O–H groups in total. The molecule has 1 aromatic heterocycles. The predicted octanol–water partition coefficient (Wildman–Crippen LogP) is 3.52. The van der Waals surface area contributed by atoms with Gasteiger partial charge in [0.15, 0.2) is 5.82 Å². The molecule has 0 saturated carbocycles. The summed E-state index contributed by atoms with van der Waals surface area (Å²) in [6.07, 6.45) is 0.157. The molecular formula is C25H32BClN4O5. The standard InChI is InChI=1S/C25H32BClN4O5/c1-23(2,3)34-22(33)31-13-12-18-17(14-31)28-20(30(18)8)21(32)29-16-11-9-10-15(19(16)27)26-35-24(4,5)25(6,7)36-26/h10H,12-14H2,1-8H3,(H,29,32). The number of carbonyl (C=O) groups is 2. The van der Waals surface area contributed by atoms with E-state index < -0.39 is 35.9 Å². The van der Waals surface area contributed by atoms with Crippen molar-refractivity contribution >= 4 is 41.9 Å². The fourth-order valence-corrected chi connectivity index (χ4v) is 4.30. The zero-order valence-corrected chi connectivity index (χ0v) is 22.8. The summed E-state index contributed by atoms with van der Waals surface area (Å²) in [4.78, 5) is 31.8. The van der Waals surface area contributed by atoms with Crippen LogP contribution in [0.2, 0.25) is 5.02 Å². The van der Waals surface area contributed by atoms with Gasteiger partial charge in [0.1, 0.15) is 11.3 Å². The third kappa shape index (κ3) is 4.92. The Kier molecular flexibility index (Phi) is 6.57. The molecule has 0 bridgehead atoms. The highest BCUT2D eigenvalue weighted by atomic mass is 35.5. The molecule has 1 saturated heterocycles. The Hall–Kier alpha value is -2.74. The number of hydrogen-bond acceptors (Lipinski definition) is 6. The summed E-state index contributed by atoms with van der Waals surface area (Å²) in [5.74, 6) is -0.245. The molecule has 0 atom stereocenters. The van der Waals surface area contributed by atoms with Crippen molar-refractivity contribution in [3.05, 3.63) is 40.4 Å². The number of nitrogens with one attached hydrogen (secondary N) is 1. The lowest BCUT2D eigenvalue weighted by molar-refractivity contribution is 0.00578. The number of fused-ring (bicyclic) bond motifs is 1. The van der Waals surface area contributed by atoms with Crippen LogP contribution in [0.1, 0.15) is 70.5 Å². The smallest absolute Gasteiger partial charge is 0.444 e. The third-order valence-electron chi connectivity index (χ3n) is 6.75. The second-order valence-corrected chi connectivity index (χ2v) is 11.5. The van der Waals surface area contributed by atoms with Gasteiger partial charge in [0.25, 0.3) is 5.91 Å². The van der Waals surface area contributed by atoms with Crippen LogP contribution < -0.4 is 10.8 Å². The maximum atomic E-state index is 13.2. The summed E-state index contributed by atoms with van der Waals surface area (Å²) < 4.78 is 19.4. The molecule has 0 aliphatic carbocycles. The lowest BCUT2D eigenvalue weighted by Gasteiger charge is -2.32. The van der Waals surface area contributed by atoms with E-state index in [4.69, 9.17) is 25.6 Å². The summed E-state index contributed by atoms with van der Waals surface area (Å²) in [5, 5.41) is 3.05. The molecule has 1 fully saturated rings. The first-order valence-electron chi connectivity index (χ1n) is 11.9. The third-order valence-corrected chi connectivity index (χ3v) is 7.16. The number of amides is 2. The van der Waals surface area contributed by atoms with Crippen LogP contribution in [0, 0.1) is 12.1 Å². The molecule has 192 valence electrons. The average Bonchev–Trinajstić information content (AvgIpc) is 3.20. The molecule has 2 aliphatic heterocycles. The van der Waals surface area contributed by atoms with E-state index in [-0.39, 0.29) is 23.1 Å². The Balaban J connectivity index is 1.52. The van der Waals surface area contributed by atoms with Gasteiger partial charge in [-0.25, -0.2) is 9.78 Å². The Morgan fingerprint density at radius 3 is 2.47 bits per heavy atom. The fourth-order valence-electron chi connectivity index (χ4n) is 4.06. The van der Waals surface area contributed by atoms with Gasteiger partial charge in [-0.2, -0.15) is 0 Å². The van der Waals surface area contributed by atoms with E-state index in [0.717, 1.165) is 5.69 Å². The van der Waals surface area contributed by atoms with Gasteiger partial charge >= 0.3 is 13.2 Å². The van der Waals surface area contributed by atoms with Gasteiger partial charge in [0.2, 0.25) is 0 Å². The highest BCUT2D eigenvalue weighted by Gasteiger charge is 2.52. The zero-order valence-electron chi connectivity index (χ0n) is 22.0. The van der Waals surface area contributed by atoms with E-state index in [1.807, 2.05) is 48.5 Å². The molecule has 2 aliphatic rings. The van der Waals surface area contributed by atoms with Crippen LogP contribution in [-0.2, 0) is 34.1 Å². The highest BCUT2D eigenvalue weighted by Crippen LogP contribution is 2.37. The Bertz CT molecular complexity index is 1190. The average molecular weight is 515 g/mol. The maximum absolute atomic E-state index is 13.2. The SMILES string of the molecule is Cn1c(C(=O)Nc2c#ccc(B3OC(C)(C)C(C)(C)O3)c2Cl)nc2c1CCN(C(=O)OC(C)(C)C)C2. The van der Waals surface area contributed by atoms with Gasteiger partial charge < -0.3 is 28.8 Å². The summed E-state index contributed by atoms with van der Waals surface area (Å²) in [7, 11) is 1.07. The minimum atomic E-state index is -0.705. The summed E-state index contributed by atoms with van der Waals surface area (Å²) in [6, 6.07) is 7.39.